The molecule has 0 aromatic heterocycles. The molecule has 2 saturated heterocycles. The Balaban J connectivity index is 1.28. The third-order valence-corrected chi connectivity index (χ3v) is 7.39. The zero-order valence-corrected chi connectivity index (χ0v) is 17.8. The first kappa shape index (κ1) is 20.5. The Hall–Kier alpha value is -1.73. The van der Waals surface area contributed by atoms with Gasteiger partial charge in [-0.05, 0) is 55.7 Å². The minimum Gasteiger partial charge on any atom is -0.497 e. The Morgan fingerprint density at radius 1 is 1.24 bits per heavy atom. The van der Waals surface area contributed by atoms with Crippen LogP contribution in [0.2, 0.25) is 0 Å². The molecule has 1 aromatic carbocycles. The Kier molecular flexibility index (Phi) is 6.65. The van der Waals surface area contributed by atoms with E-state index in [9.17, 15) is 9.59 Å². The predicted molar refractivity (Wildman–Crippen MR) is 112 cm³/mol. The molecule has 1 saturated carbocycles. The van der Waals surface area contributed by atoms with Gasteiger partial charge in [0.1, 0.15) is 5.75 Å². The van der Waals surface area contributed by atoms with Crippen LogP contribution in [0.25, 0.3) is 0 Å². The summed E-state index contributed by atoms with van der Waals surface area (Å²) in [6, 6.07) is 7.96. The molecule has 1 aliphatic carbocycles. The van der Waals surface area contributed by atoms with Gasteiger partial charge in [0.05, 0.1) is 25.4 Å². The summed E-state index contributed by atoms with van der Waals surface area (Å²) in [6.07, 6.45) is 4.08. The van der Waals surface area contributed by atoms with Crippen LogP contribution in [0.4, 0.5) is 0 Å². The molecule has 2 heterocycles. The Morgan fingerprint density at radius 3 is 2.72 bits per heavy atom. The average molecular weight is 419 g/mol. The topological polar surface area (TPSA) is 67.9 Å². The largest absolute Gasteiger partial charge is 0.497 e. The molecule has 1 aromatic rings. The summed E-state index contributed by atoms with van der Waals surface area (Å²) < 4.78 is 10.7. The van der Waals surface area contributed by atoms with Crippen molar-refractivity contribution in [3.05, 3.63) is 24.3 Å². The number of benzene rings is 1. The number of thioether (sulfide) groups is 1. The van der Waals surface area contributed by atoms with Crippen molar-refractivity contribution in [1.82, 2.24) is 10.2 Å². The molecule has 4 rings (SSSR count). The van der Waals surface area contributed by atoms with Crippen LogP contribution in [-0.2, 0) is 14.3 Å². The number of methoxy groups -OCH3 is 1. The molecule has 7 heteroatoms. The number of ether oxygens (including phenoxy) is 2. The van der Waals surface area contributed by atoms with Gasteiger partial charge in [-0.1, -0.05) is 6.07 Å². The van der Waals surface area contributed by atoms with E-state index >= 15 is 0 Å². The molecule has 6 nitrogen and oxygen atoms in total. The fourth-order valence-corrected chi connectivity index (χ4v) is 5.65. The van der Waals surface area contributed by atoms with Crippen LogP contribution in [0.3, 0.4) is 0 Å². The number of amides is 2. The van der Waals surface area contributed by atoms with Crippen LogP contribution in [0.1, 0.15) is 25.7 Å². The lowest BCUT2D eigenvalue weighted by atomic mass is 9.90. The molecule has 158 valence electrons. The number of rotatable bonds is 6. The SMILES string of the molecule is COc1cccc(SCC(=O)NC2[C@@H]3CC[C@H]2CN(C(=O)C2CCCOC2)C3)c1. The van der Waals surface area contributed by atoms with Gasteiger partial charge in [-0.15, -0.1) is 11.8 Å². The third-order valence-electron chi connectivity index (χ3n) is 6.39. The second-order valence-corrected chi connectivity index (χ2v) is 9.36. The van der Waals surface area contributed by atoms with E-state index in [4.69, 9.17) is 9.47 Å². The van der Waals surface area contributed by atoms with E-state index in [1.807, 2.05) is 29.2 Å². The first-order valence-electron chi connectivity index (χ1n) is 10.6. The summed E-state index contributed by atoms with van der Waals surface area (Å²) in [5.74, 6) is 2.27. The number of fused-ring (bicyclic) bond motifs is 2. The van der Waals surface area contributed by atoms with Gasteiger partial charge in [0.25, 0.3) is 0 Å². The fourth-order valence-electron chi connectivity index (χ4n) is 4.90. The molecular weight excluding hydrogens is 388 g/mol. The molecule has 2 aliphatic heterocycles. The van der Waals surface area contributed by atoms with E-state index in [1.54, 1.807) is 7.11 Å². The van der Waals surface area contributed by atoms with Gasteiger partial charge in [0.2, 0.25) is 11.8 Å². The monoisotopic (exact) mass is 418 g/mol. The Morgan fingerprint density at radius 2 is 2.03 bits per heavy atom. The van der Waals surface area contributed by atoms with E-state index in [1.165, 1.54) is 11.8 Å². The lowest BCUT2D eigenvalue weighted by Gasteiger charge is -2.40. The van der Waals surface area contributed by atoms with Crippen molar-refractivity contribution >= 4 is 23.6 Å². The van der Waals surface area contributed by atoms with Crippen molar-refractivity contribution in [3.8, 4) is 5.75 Å². The molecule has 2 bridgehead atoms. The molecule has 3 fully saturated rings. The first-order valence-corrected chi connectivity index (χ1v) is 11.6. The number of hydrogen-bond donors (Lipinski definition) is 1. The Bertz CT molecular complexity index is 723. The molecule has 1 N–H and O–H groups in total. The van der Waals surface area contributed by atoms with Crippen molar-refractivity contribution in [2.75, 3.05) is 39.2 Å². The van der Waals surface area contributed by atoms with Crippen molar-refractivity contribution in [1.29, 1.82) is 0 Å². The second kappa shape index (κ2) is 9.39. The zero-order valence-electron chi connectivity index (χ0n) is 17.0. The predicted octanol–water partition coefficient (Wildman–Crippen LogP) is 2.57. The van der Waals surface area contributed by atoms with E-state index in [0.29, 0.717) is 24.2 Å². The van der Waals surface area contributed by atoms with Gasteiger partial charge in [-0.25, -0.2) is 0 Å². The van der Waals surface area contributed by atoms with Crippen molar-refractivity contribution < 1.29 is 19.1 Å². The number of hydrogen-bond acceptors (Lipinski definition) is 5. The minimum absolute atomic E-state index is 0.0218. The third kappa shape index (κ3) is 4.89. The highest BCUT2D eigenvalue weighted by atomic mass is 32.2. The minimum atomic E-state index is 0.0218. The van der Waals surface area contributed by atoms with Crippen molar-refractivity contribution in [3.63, 3.8) is 0 Å². The maximum absolute atomic E-state index is 12.9. The lowest BCUT2D eigenvalue weighted by molar-refractivity contribution is -0.142. The molecule has 2 unspecified atom stereocenters. The summed E-state index contributed by atoms with van der Waals surface area (Å²) in [6.45, 7) is 2.86. The smallest absolute Gasteiger partial charge is 0.230 e. The zero-order chi connectivity index (χ0) is 20.2. The fraction of sp³-hybridized carbons (Fsp3) is 0.636. The van der Waals surface area contributed by atoms with Gasteiger partial charge in [-0.3, -0.25) is 9.59 Å². The lowest BCUT2D eigenvalue weighted by Crippen LogP contribution is -2.55. The number of nitrogens with one attached hydrogen (secondary N) is 1. The van der Waals surface area contributed by atoms with Crippen LogP contribution in [0.5, 0.6) is 5.75 Å². The standard InChI is InChI=1S/C22H30N2O4S/c1-27-18-5-2-6-19(10-18)29-14-20(25)23-21-15-7-8-16(21)12-24(11-15)22(26)17-4-3-9-28-13-17/h2,5-6,10,15-17,21H,3-4,7-9,11-14H2,1H3,(H,23,25)/t15-,16+,17?,21?. The summed E-state index contributed by atoms with van der Waals surface area (Å²) in [5.41, 5.74) is 0. The summed E-state index contributed by atoms with van der Waals surface area (Å²) in [5, 5.41) is 3.27. The van der Waals surface area contributed by atoms with E-state index in [2.05, 4.69) is 5.32 Å². The van der Waals surface area contributed by atoms with E-state index in [-0.39, 0.29) is 23.8 Å². The van der Waals surface area contributed by atoms with Gasteiger partial charge in [-0.2, -0.15) is 0 Å². The molecule has 29 heavy (non-hydrogen) atoms. The first-order chi connectivity index (χ1) is 14.1. The highest BCUT2D eigenvalue weighted by Crippen LogP contribution is 2.38. The number of carbonyl (C=O) groups is 2. The number of nitrogens with zero attached hydrogens (tertiary/aromatic N) is 1. The number of piperidine rings is 1. The number of likely N-dealkylation sites (tertiary alicyclic amines) is 1. The maximum Gasteiger partial charge on any atom is 0.230 e. The summed E-state index contributed by atoms with van der Waals surface area (Å²) in [7, 11) is 1.64. The van der Waals surface area contributed by atoms with Gasteiger partial charge in [0.15, 0.2) is 0 Å². The van der Waals surface area contributed by atoms with Crippen LogP contribution in [0.15, 0.2) is 29.2 Å². The number of carbonyl (C=O) groups excluding carboxylic acids is 2. The molecular formula is C22H30N2O4S. The molecule has 2 amide bonds. The normalized spacial score (nSPS) is 28.8. The van der Waals surface area contributed by atoms with Gasteiger partial charge in [0, 0.05) is 30.6 Å². The van der Waals surface area contributed by atoms with Gasteiger partial charge >= 0.3 is 0 Å². The van der Waals surface area contributed by atoms with Crippen LogP contribution < -0.4 is 10.1 Å². The Labute approximate surface area is 176 Å². The van der Waals surface area contributed by atoms with Crippen molar-refractivity contribution in [2.24, 2.45) is 17.8 Å². The van der Waals surface area contributed by atoms with E-state index < -0.39 is 0 Å². The average Bonchev–Trinajstić information content (AvgIpc) is 2.99. The molecule has 0 spiro atoms. The maximum atomic E-state index is 12.9. The van der Waals surface area contributed by atoms with Crippen molar-refractivity contribution in [2.45, 2.75) is 36.6 Å². The van der Waals surface area contributed by atoms with Crippen LogP contribution >= 0.6 is 11.8 Å². The van der Waals surface area contributed by atoms with Gasteiger partial charge < -0.3 is 19.7 Å². The highest BCUT2D eigenvalue weighted by molar-refractivity contribution is 8.00. The second-order valence-electron chi connectivity index (χ2n) is 8.32. The van der Waals surface area contributed by atoms with Crippen LogP contribution in [0, 0.1) is 17.8 Å². The molecule has 4 atom stereocenters. The molecule has 3 aliphatic rings. The summed E-state index contributed by atoms with van der Waals surface area (Å²) >= 11 is 1.52. The highest BCUT2D eigenvalue weighted by Gasteiger charge is 2.44. The van der Waals surface area contributed by atoms with E-state index in [0.717, 1.165) is 56.0 Å². The summed E-state index contributed by atoms with van der Waals surface area (Å²) in [4.78, 5) is 28.5. The molecule has 0 radical (unpaired) electrons. The quantitative estimate of drug-likeness (QED) is 0.719. The van der Waals surface area contributed by atoms with Crippen LogP contribution in [-0.4, -0.2) is 61.9 Å².